The molecule has 3 rings (SSSR count). The molecule has 1 saturated heterocycles. The second-order valence-electron chi connectivity index (χ2n) is 5.68. The van der Waals surface area contributed by atoms with E-state index in [-0.39, 0.29) is 6.54 Å². The minimum atomic E-state index is -3.67. The summed E-state index contributed by atoms with van der Waals surface area (Å²) in [7, 11) is -3.67. The number of imide groups is 1. The molecule has 3 amide bonds. The average molecular weight is 402 g/mol. The van der Waals surface area contributed by atoms with Gasteiger partial charge in [0, 0.05) is 17.6 Å². The third-order valence-corrected chi connectivity index (χ3v) is 6.38. The van der Waals surface area contributed by atoms with Gasteiger partial charge in [-0.3, -0.25) is 15.0 Å². The molecule has 7 nitrogen and oxygen atoms in total. The van der Waals surface area contributed by atoms with Crippen LogP contribution in [-0.4, -0.2) is 48.0 Å². The van der Waals surface area contributed by atoms with Gasteiger partial charge >= 0.3 is 6.03 Å². The maximum atomic E-state index is 12.6. The molecule has 0 unspecified atom stereocenters. The Morgan fingerprint density at radius 2 is 2.04 bits per heavy atom. The monoisotopic (exact) mass is 401 g/mol. The van der Waals surface area contributed by atoms with E-state index in [9.17, 15) is 18.0 Å². The third-order valence-electron chi connectivity index (χ3n) is 4.18. The maximum Gasteiger partial charge on any atom is 0.325 e. The van der Waals surface area contributed by atoms with Crippen molar-refractivity contribution >= 4 is 37.9 Å². The van der Waals surface area contributed by atoms with E-state index in [4.69, 9.17) is 0 Å². The van der Waals surface area contributed by atoms with Crippen LogP contribution in [0, 0.1) is 0 Å². The summed E-state index contributed by atoms with van der Waals surface area (Å²) in [4.78, 5) is 24.2. The van der Waals surface area contributed by atoms with Crippen LogP contribution in [0.1, 0.15) is 18.1 Å². The van der Waals surface area contributed by atoms with E-state index in [0.29, 0.717) is 13.0 Å². The van der Waals surface area contributed by atoms with Gasteiger partial charge in [0.25, 0.3) is 5.91 Å². The maximum absolute atomic E-state index is 12.6. The SMILES string of the molecule is C[C@H]1C(=O)NC(=O)N1CS(=O)(=O)N1CCc2cc(Br)ccc2C1. The van der Waals surface area contributed by atoms with Crippen LogP contribution in [0.3, 0.4) is 0 Å². The van der Waals surface area contributed by atoms with Gasteiger partial charge < -0.3 is 0 Å². The largest absolute Gasteiger partial charge is 0.325 e. The summed E-state index contributed by atoms with van der Waals surface area (Å²) in [6.07, 6.45) is 0.620. The second-order valence-corrected chi connectivity index (χ2v) is 8.53. The first-order valence-electron chi connectivity index (χ1n) is 7.14. The number of nitrogens with one attached hydrogen (secondary N) is 1. The summed E-state index contributed by atoms with van der Waals surface area (Å²) < 4.78 is 27.5. The number of benzene rings is 1. The molecular formula is C14H16BrN3O4S. The summed E-state index contributed by atoms with van der Waals surface area (Å²) in [5.41, 5.74) is 2.08. The van der Waals surface area contributed by atoms with E-state index in [1.165, 1.54) is 11.2 Å². The highest BCUT2D eigenvalue weighted by atomic mass is 79.9. The van der Waals surface area contributed by atoms with Crippen LogP contribution in [0.4, 0.5) is 4.79 Å². The molecule has 0 radical (unpaired) electrons. The van der Waals surface area contributed by atoms with Crippen LogP contribution in [0.5, 0.6) is 0 Å². The average Bonchev–Trinajstić information content (AvgIpc) is 2.73. The van der Waals surface area contributed by atoms with Gasteiger partial charge in [-0.2, -0.15) is 4.31 Å². The van der Waals surface area contributed by atoms with Crippen molar-refractivity contribution in [2.24, 2.45) is 0 Å². The van der Waals surface area contributed by atoms with Crippen molar-refractivity contribution in [3.63, 3.8) is 0 Å². The molecule has 0 saturated carbocycles. The van der Waals surface area contributed by atoms with Crippen molar-refractivity contribution in [2.75, 3.05) is 12.4 Å². The zero-order chi connectivity index (χ0) is 16.8. The highest BCUT2D eigenvalue weighted by molar-refractivity contribution is 9.10. The van der Waals surface area contributed by atoms with Crippen molar-refractivity contribution in [1.82, 2.24) is 14.5 Å². The molecule has 0 aromatic heterocycles. The Kier molecular flexibility index (Phi) is 4.19. The van der Waals surface area contributed by atoms with E-state index < -0.39 is 33.9 Å². The standard InChI is InChI=1S/C14H16BrN3O4S/c1-9-13(19)16-14(20)18(9)8-23(21,22)17-5-4-10-6-12(15)3-2-11(10)7-17/h2-3,6,9H,4-5,7-8H2,1H3,(H,16,19,20)/t9-/m0/s1. The lowest BCUT2D eigenvalue weighted by molar-refractivity contribution is -0.120. The molecule has 0 spiro atoms. The van der Waals surface area contributed by atoms with E-state index in [0.717, 1.165) is 20.5 Å². The zero-order valence-corrected chi connectivity index (χ0v) is 14.9. The lowest BCUT2D eigenvalue weighted by atomic mass is 10.0. The van der Waals surface area contributed by atoms with Crippen LogP contribution in [0.15, 0.2) is 22.7 Å². The Morgan fingerprint density at radius 1 is 1.30 bits per heavy atom. The number of hydrogen-bond acceptors (Lipinski definition) is 4. The molecule has 1 N–H and O–H groups in total. The molecule has 1 fully saturated rings. The lowest BCUT2D eigenvalue weighted by Gasteiger charge is -2.30. The Labute approximate surface area is 142 Å². The Balaban J connectivity index is 1.77. The fraction of sp³-hybridized carbons (Fsp3) is 0.429. The molecule has 124 valence electrons. The number of rotatable bonds is 3. The van der Waals surface area contributed by atoms with Crippen LogP contribution < -0.4 is 5.32 Å². The second kappa shape index (κ2) is 5.88. The van der Waals surface area contributed by atoms with E-state index in [1.807, 2.05) is 18.2 Å². The summed E-state index contributed by atoms with van der Waals surface area (Å²) in [5.74, 6) is -0.962. The van der Waals surface area contributed by atoms with Gasteiger partial charge in [0.1, 0.15) is 11.9 Å². The Bertz CT molecular complexity index is 780. The minimum Gasteiger partial charge on any atom is -0.297 e. The highest BCUT2D eigenvalue weighted by Crippen LogP contribution is 2.25. The quantitative estimate of drug-likeness (QED) is 0.766. The van der Waals surface area contributed by atoms with Crippen molar-refractivity contribution in [2.45, 2.75) is 25.9 Å². The predicted octanol–water partition coefficient (Wildman–Crippen LogP) is 1.03. The number of halogens is 1. The number of nitrogens with zero attached hydrogens (tertiary/aromatic N) is 2. The first kappa shape index (κ1) is 16.4. The van der Waals surface area contributed by atoms with Crippen LogP contribution in [-0.2, 0) is 27.8 Å². The van der Waals surface area contributed by atoms with E-state index >= 15 is 0 Å². The normalized spacial score (nSPS) is 22.2. The summed E-state index contributed by atoms with van der Waals surface area (Å²) >= 11 is 3.41. The van der Waals surface area contributed by atoms with Crippen LogP contribution >= 0.6 is 15.9 Å². The third kappa shape index (κ3) is 3.13. The van der Waals surface area contributed by atoms with Crippen molar-refractivity contribution in [1.29, 1.82) is 0 Å². The van der Waals surface area contributed by atoms with Gasteiger partial charge in [-0.1, -0.05) is 22.0 Å². The molecule has 0 aliphatic carbocycles. The molecule has 1 atom stereocenters. The van der Waals surface area contributed by atoms with Gasteiger partial charge in [0.15, 0.2) is 0 Å². The molecular weight excluding hydrogens is 386 g/mol. The zero-order valence-electron chi connectivity index (χ0n) is 12.5. The summed E-state index contributed by atoms with van der Waals surface area (Å²) in [5, 5.41) is 2.12. The number of carbonyl (C=O) groups excluding carboxylic acids is 2. The van der Waals surface area contributed by atoms with Gasteiger partial charge in [0.2, 0.25) is 10.0 Å². The first-order valence-corrected chi connectivity index (χ1v) is 9.55. The van der Waals surface area contributed by atoms with E-state index in [1.54, 1.807) is 0 Å². The molecule has 2 heterocycles. The molecule has 1 aromatic carbocycles. The predicted molar refractivity (Wildman–Crippen MR) is 86.9 cm³/mol. The Hall–Kier alpha value is -1.45. The molecule has 1 aromatic rings. The van der Waals surface area contributed by atoms with Gasteiger partial charge in [-0.05, 0) is 36.6 Å². The van der Waals surface area contributed by atoms with Gasteiger partial charge in [-0.25, -0.2) is 13.2 Å². The number of fused-ring (bicyclic) bond motifs is 1. The number of urea groups is 1. The molecule has 0 bridgehead atoms. The topological polar surface area (TPSA) is 86.8 Å². The van der Waals surface area contributed by atoms with Crippen LogP contribution in [0.25, 0.3) is 0 Å². The van der Waals surface area contributed by atoms with Gasteiger partial charge in [0.05, 0.1) is 0 Å². The van der Waals surface area contributed by atoms with Gasteiger partial charge in [-0.15, -0.1) is 0 Å². The summed E-state index contributed by atoms with van der Waals surface area (Å²) in [6, 6.07) is 4.34. The lowest BCUT2D eigenvalue weighted by Crippen LogP contribution is -2.45. The fourth-order valence-corrected chi connectivity index (χ4v) is 4.73. The first-order chi connectivity index (χ1) is 10.8. The molecule has 2 aliphatic rings. The molecule has 23 heavy (non-hydrogen) atoms. The van der Waals surface area contributed by atoms with Crippen molar-refractivity contribution < 1.29 is 18.0 Å². The van der Waals surface area contributed by atoms with Crippen molar-refractivity contribution in [3.05, 3.63) is 33.8 Å². The smallest absolute Gasteiger partial charge is 0.297 e. The molecule has 2 aliphatic heterocycles. The highest BCUT2D eigenvalue weighted by Gasteiger charge is 2.39. The molecule has 9 heteroatoms. The minimum absolute atomic E-state index is 0.280. The van der Waals surface area contributed by atoms with Crippen molar-refractivity contribution in [3.8, 4) is 0 Å². The fourth-order valence-electron chi connectivity index (χ4n) is 2.76. The van der Waals surface area contributed by atoms with Crippen LogP contribution in [0.2, 0.25) is 0 Å². The Morgan fingerprint density at radius 3 is 2.70 bits per heavy atom. The number of sulfonamides is 1. The summed E-state index contributed by atoms with van der Waals surface area (Å²) in [6.45, 7) is 2.16. The van der Waals surface area contributed by atoms with E-state index in [2.05, 4.69) is 21.2 Å². The number of hydrogen-bond donors (Lipinski definition) is 1. The number of carbonyl (C=O) groups is 2. The number of amides is 3.